The van der Waals surface area contributed by atoms with E-state index in [4.69, 9.17) is 4.42 Å². The fourth-order valence-electron chi connectivity index (χ4n) is 3.86. The van der Waals surface area contributed by atoms with Crippen LogP contribution in [0.3, 0.4) is 0 Å². The molecule has 3 heteroatoms. The Morgan fingerprint density at radius 3 is 2.95 bits per heavy atom. The molecule has 0 amide bonds. The number of nitrogens with one attached hydrogen (secondary N) is 2. The zero-order valence-corrected chi connectivity index (χ0v) is 11.9. The van der Waals surface area contributed by atoms with Crippen molar-refractivity contribution < 1.29 is 4.42 Å². The lowest BCUT2D eigenvalue weighted by molar-refractivity contribution is 0.243. The number of hydrogen-bond acceptors (Lipinski definition) is 3. The van der Waals surface area contributed by atoms with Crippen LogP contribution in [0.4, 0.5) is 0 Å². The van der Waals surface area contributed by atoms with E-state index in [1.165, 1.54) is 45.1 Å². The number of piperidine rings is 1. The maximum atomic E-state index is 5.51. The molecule has 106 valence electrons. The Balaban J connectivity index is 1.59. The van der Waals surface area contributed by atoms with Gasteiger partial charge < -0.3 is 15.1 Å². The van der Waals surface area contributed by atoms with Gasteiger partial charge in [-0.3, -0.25) is 0 Å². The average molecular weight is 262 g/mol. The van der Waals surface area contributed by atoms with Gasteiger partial charge in [-0.25, -0.2) is 0 Å². The van der Waals surface area contributed by atoms with Gasteiger partial charge in [-0.2, -0.15) is 0 Å². The highest BCUT2D eigenvalue weighted by Crippen LogP contribution is 2.33. The molecule has 0 bridgehead atoms. The molecule has 1 aromatic heterocycles. The fraction of sp³-hybridized carbons (Fsp3) is 0.750. The number of rotatable bonds is 4. The van der Waals surface area contributed by atoms with Gasteiger partial charge in [0.15, 0.2) is 0 Å². The van der Waals surface area contributed by atoms with E-state index in [9.17, 15) is 0 Å². The molecular weight excluding hydrogens is 236 g/mol. The van der Waals surface area contributed by atoms with Crippen molar-refractivity contribution >= 4 is 0 Å². The second-order valence-electron chi connectivity index (χ2n) is 6.16. The predicted molar refractivity (Wildman–Crippen MR) is 77.0 cm³/mol. The zero-order valence-electron chi connectivity index (χ0n) is 11.9. The standard InChI is InChI=1S/C16H26N2O/c1-12(16-9-5-11-19-16)18-15-8-4-6-13(15)14-7-2-3-10-17-14/h5,9,11-15,17-18H,2-4,6-8,10H2,1H3. The Morgan fingerprint density at radius 2 is 2.21 bits per heavy atom. The highest BCUT2D eigenvalue weighted by atomic mass is 16.3. The van der Waals surface area contributed by atoms with Crippen molar-refractivity contribution in [2.24, 2.45) is 5.92 Å². The molecule has 3 nitrogen and oxygen atoms in total. The third kappa shape index (κ3) is 3.03. The summed E-state index contributed by atoms with van der Waals surface area (Å²) < 4.78 is 5.51. The maximum Gasteiger partial charge on any atom is 0.120 e. The Labute approximate surface area is 116 Å². The van der Waals surface area contributed by atoms with Gasteiger partial charge in [-0.15, -0.1) is 0 Å². The molecule has 2 N–H and O–H groups in total. The molecule has 0 spiro atoms. The third-order valence-electron chi connectivity index (χ3n) is 4.87. The predicted octanol–water partition coefficient (Wildman–Crippen LogP) is 3.24. The SMILES string of the molecule is CC(NC1CCCC1C1CCCCN1)c1ccco1. The molecule has 0 aromatic carbocycles. The van der Waals surface area contributed by atoms with Crippen LogP contribution in [-0.2, 0) is 0 Å². The van der Waals surface area contributed by atoms with Crippen LogP contribution in [0.25, 0.3) is 0 Å². The van der Waals surface area contributed by atoms with Gasteiger partial charge in [0.25, 0.3) is 0 Å². The molecule has 4 atom stereocenters. The van der Waals surface area contributed by atoms with Gasteiger partial charge in [0, 0.05) is 12.1 Å². The Morgan fingerprint density at radius 1 is 1.26 bits per heavy atom. The molecule has 0 radical (unpaired) electrons. The summed E-state index contributed by atoms with van der Waals surface area (Å²) in [5.74, 6) is 1.86. The summed E-state index contributed by atoms with van der Waals surface area (Å²) in [7, 11) is 0. The van der Waals surface area contributed by atoms with E-state index in [0.29, 0.717) is 12.1 Å². The Kier molecular flexibility index (Phi) is 4.24. The van der Waals surface area contributed by atoms with Crippen LogP contribution < -0.4 is 10.6 Å². The highest BCUT2D eigenvalue weighted by molar-refractivity contribution is 5.04. The quantitative estimate of drug-likeness (QED) is 0.874. The summed E-state index contributed by atoms with van der Waals surface area (Å²) in [6.45, 7) is 3.42. The third-order valence-corrected chi connectivity index (χ3v) is 4.87. The van der Waals surface area contributed by atoms with Gasteiger partial charge in [-0.05, 0) is 57.2 Å². The van der Waals surface area contributed by atoms with E-state index in [-0.39, 0.29) is 0 Å². The van der Waals surface area contributed by atoms with Crippen LogP contribution in [0.5, 0.6) is 0 Å². The van der Waals surface area contributed by atoms with Crippen LogP contribution >= 0.6 is 0 Å². The van der Waals surface area contributed by atoms with Gasteiger partial charge >= 0.3 is 0 Å². The van der Waals surface area contributed by atoms with Gasteiger partial charge in [-0.1, -0.05) is 12.8 Å². The minimum absolute atomic E-state index is 0.323. The lowest BCUT2D eigenvalue weighted by Gasteiger charge is -2.34. The molecule has 1 saturated heterocycles. The molecule has 2 fully saturated rings. The minimum Gasteiger partial charge on any atom is -0.468 e. The van der Waals surface area contributed by atoms with Crippen LogP contribution in [0.1, 0.15) is 57.3 Å². The molecular formula is C16H26N2O. The van der Waals surface area contributed by atoms with E-state index in [1.807, 2.05) is 6.07 Å². The summed E-state index contributed by atoms with van der Waals surface area (Å²) >= 11 is 0. The van der Waals surface area contributed by atoms with Gasteiger partial charge in [0.05, 0.1) is 12.3 Å². The van der Waals surface area contributed by atoms with Crippen molar-refractivity contribution in [2.45, 2.75) is 63.6 Å². The first-order valence-corrected chi connectivity index (χ1v) is 7.87. The fourth-order valence-corrected chi connectivity index (χ4v) is 3.86. The van der Waals surface area contributed by atoms with E-state index in [0.717, 1.165) is 17.7 Å². The van der Waals surface area contributed by atoms with Gasteiger partial charge in [0.2, 0.25) is 0 Å². The Bertz CT molecular complexity index is 370. The minimum atomic E-state index is 0.323. The maximum absolute atomic E-state index is 5.51. The van der Waals surface area contributed by atoms with E-state index in [2.05, 4.69) is 23.6 Å². The second-order valence-corrected chi connectivity index (χ2v) is 6.16. The lowest BCUT2D eigenvalue weighted by atomic mass is 9.88. The van der Waals surface area contributed by atoms with Crippen LogP contribution in [-0.4, -0.2) is 18.6 Å². The highest BCUT2D eigenvalue weighted by Gasteiger charge is 2.34. The second kappa shape index (κ2) is 6.10. The van der Waals surface area contributed by atoms with Crippen LogP contribution in [0.15, 0.2) is 22.8 Å². The first-order chi connectivity index (χ1) is 9.34. The van der Waals surface area contributed by atoms with Crippen molar-refractivity contribution in [3.63, 3.8) is 0 Å². The van der Waals surface area contributed by atoms with E-state index < -0.39 is 0 Å². The van der Waals surface area contributed by atoms with Gasteiger partial charge in [0.1, 0.15) is 5.76 Å². The van der Waals surface area contributed by atoms with Crippen molar-refractivity contribution in [1.29, 1.82) is 0 Å². The first kappa shape index (κ1) is 13.2. The average Bonchev–Trinajstić information content (AvgIpc) is 3.11. The zero-order chi connectivity index (χ0) is 13.1. The van der Waals surface area contributed by atoms with E-state index >= 15 is 0 Å². The smallest absolute Gasteiger partial charge is 0.120 e. The summed E-state index contributed by atoms with van der Waals surface area (Å²) in [5, 5.41) is 7.53. The molecule has 1 aromatic rings. The largest absolute Gasteiger partial charge is 0.468 e. The molecule has 3 rings (SSSR count). The topological polar surface area (TPSA) is 37.2 Å². The number of furan rings is 1. The van der Waals surface area contributed by atoms with Crippen molar-refractivity contribution in [1.82, 2.24) is 10.6 Å². The van der Waals surface area contributed by atoms with Crippen LogP contribution in [0.2, 0.25) is 0 Å². The summed E-state index contributed by atoms with van der Waals surface area (Å²) in [6.07, 6.45) is 9.93. The molecule has 1 saturated carbocycles. The first-order valence-electron chi connectivity index (χ1n) is 7.87. The van der Waals surface area contributed by atoms with Crippen molar-refractivity contribution in [2.75, 3.05) is 6.54 Å². The van der Waals surface area contributed by atoms with E-state index in [1.54, 1.807) is 6.26 Å². The normalized spacial score (nSPS) is 33.4. The summed E-state index contributed by atoms with van der Waals surface area (Å²) in [5.41, 5.74) is 0. The summed E-state index contributed by atoms with van der Waals surface area (Å²) in [4.78, 5) is 0. The lowest BCUT2D eigenvalue weighted by Crippen LogP contribution is -2.47. The molecule has 2 aliphatic rings. The molecule has 19 heavy (non-hydrogen) atoms. The Hall–Kier alpha value is -0.800. The molecule has 2 heterocycles. The molecule has 4 unspecified atom stereocenters. The van der Waals surface area contributed by atoms with Crippen LogP contribution in [0, 0.1) is 5.92 Å². The summed E-state index contributed by atoms with van der Waals surface area (Å²) in [6, 6.07) is 5.75. The van der Waals surface area contributed by atoms with Crippen molar-refractivity contribution in [3.05, 3.63) is 24.2 Å². The van der Waals surface area contributed by atoms with Crippen molar-refractivity contribution in [3.8, 4) is 0 Å². The molecule has 1 aliphatic carbocycles. The molecule has 1 aliphatic heterocycles. The monoisotopic (exact) mass is 262 g/mol. The number of hydrogen-bond donors (Lipinski definition) is 2.